The summed E-state index contributed by atoms with van der Waals surface area (Å²) >= 11 is -2.05. The summed E-state index contributed by atoms with van der Waals surface area (Å²) in [4.78, 5) is 0. The summed E-state index contributed by atoms with van der Waals surface area (Å²) in [7, 11) is 3.22. The van der Waals surface area contributed by atoms with E-state index in [1.54, 1.807) is 20.3 Å². The normalized spacial score (nSPS) is 22.4. The number of phenolic OH excluding ortho intramolecular Hbond substituents is 1. The van der Waals surface area contributed by atoms with Crippen molar-refractivity contribution in [3.8, 4) is 17.2 Å². The molecule has 30 heavy (non-hydrogen) atoms. The lowest BCUT2D eigenvalue weighted by Gasteiger charge is -2.41. The quantitative estimate of drug-likeness (QED) is 0.453. The molecule has 1 saturated carbocycles. The number of ether oxygens (including phenoxy) is 2. The topological polar surface area (TPSA) is 100 Å². The second-order valence-electron chi connectivity index (χ2n) is 7.73. The second-order valence-corrected chi connectivity index (χ2v) is 8.52. The molecule has 0 spiro atoms. The van der Waals surface area contributed by atoms with Crippen LogP contribution in [0.5, 0.6) is 17.2 Å². The third-order valence-electron chi connectivity index (χ3n) is 6.03. The molecule has 0 radical (unpaired) electrons. The maximum absolute atomic E-state index is 11.3. The Morgan fingerprint density at radius 2 is 1.80 bits per heavy atom. The number of benzene rings is 2. The molecule has 0 heterocycles. The molecule has 3 rings (SSSR count). The van der Waals surface area contributed by atoms with Crippen molar-refractivity contribution in [2.45, 2.75) is 43.7 Å². The van der Waals surface area contributed by atoms with E-state index in [0.717, 1.165) is 42.6 Å². The van der Waals surface area contributed by atoms with Crippen LogP contribution in [0.4, 0.5) is 0 Å². The van der Waals surface area contributed by atoms with Crippen LogP contribution in [-0.4, -0.2) is 40.7 Å². The number of nitrogens with one attached hydrogen (secondary N) is 2. The zero-order valence-electron chi connectivity index (χ0n) is 17.4. The van der Waals surface area contributed by atoms with Gasteiger partial charge in [-0.3, -0.25) is 4.55 Å². The average Bonchev–Trinajstić information content (AvgIpc) is 2.77. The fraction of sp³-hybridized carbons (Fsp3) is 0.455. The van der Waals surface area contributed by atoms with Crippen LogP contribution in [0.2, 0.25) is 0 Å². The van der Waals surface area contributed by atoms with Gasteiger partial charge in [0.05, 0.1) is 14.2 Å². The number of aromatic hydroxyl groups is 1. The first-order valence-electron chi connectivity index (χ1n) is 10.0. The van der Waals surface area contributed by atoms with Gasteiger partial charge in [0.15, 0.2) is 0 Å². The van der Waals surface area contributed by atoms with E-state index in [-0.39, 0.29) is 11.2 Å². The minimum absolute atomic E-state index is 0.220. The predicted octanol–water partition coefficient (Wildman–Crippen LogP) is 3.11. The maximum atomic E-state index is 11.3. The van der Waals surface area contributed by atoms with Crippen LogP contribution in [-0.2, 0) is 23.2 Å². The van der Waals surface area contributed by atoms with E-state index in [4.69, 9.17) is 9.47 Å². The van der Waals surface area contributed by atoms with Crippen molar-refractivity contribution in [2.24, 2.45) is 0 Å². The number of hydrogen-bond donors (Lipinski definition) is 4. The molecule has 0 aliphatic heterocycles. The van der Waals surface area contributed by atoms with Crippen molar-refractivity contribution in [1.82, 2.24) is 10.0 Å². The summed E-state index contributed by atoms with van der Waals surface area (Å²) in [5, 5.41) is 13.7. The van der Waals surface area contributed by atoms with Gasteiger partial charge in [-0.2, -0.15) is 0 Å². The molecule has 1 aliphatic rings. The van der Waals surface area contributed by atoms with Gasteiger partial charge < -0.3 is 19.9 Å². The van der Waals surface area contributed by atoms with Gasteiger partial charge in [-0.05, 0) is 49.4 Å². The Hall–Kier alpha value is -2.13. The first kappa shape index (κ1) is 22.6. The predicted molar refractivity (Wildman–Crippen MR) is 117 cm³/mol. The molecule has 1 aliphatic carbocycles. The molecule has 4 N–H and O–H groups in total. The monoisotopic (exact) mass is 434 g/mol. The smallest absolute Gasteiger partial charge is 0.231 e. The Labute approximate surface area is 180 Å². The van der Waals surface area contributed by atoms with Gasteiger partial charge in [0.2, 0.25) is 11.3 Å². The summed E-state index contributed by atoms with van der Waals surface area (Å²) in [5.41, 5.74) is 1.72. The zero-order chi connectivity index (χ0) is 21.6. The van der Waals surface area contributed by atoms with Crippen LogP contribution in [0.25, 0.3) is 0 Å². The fourth-order valence-corrected chi connectivity index (χ4v) is 4.57. The summed E-state index contributed by atoms with van der Waals surface area (Å²) in [5.74, 6) is 1.64. The highest BCUT2D eigenvalue weighted by Crippen LogP contribution is 2.40. The van der Waals surface area contributed by atoms with E-state index in [1.807, 2.05) is 30.3 Å². The first-order chi connectivity index (χ1) is 14.5. The van der Waals surface area contributed by atoms with Gasteiger partial charge in [-0.1, -0.05) is 18.2 Å². The Kier molecular flexibility index (Phi) is 7.71. The highest BCUT2D eigenvalue weighted by molar-refractivity contribution is 7.77. The van der Waals surface area contributed by atoms with E-state index in [9.17, 15) is 13.9 Å². The Morgan fingerprint density at radius 1 is 1.10 bits per heavy atom. The second kappa shape index (κ2) is 10.3. The Bertz CT molecular complexity index is 868. The van der Waals surface area contributed by atoms with E-state index in [1.165, 1.54) is 0 Å². The molecule has 0 amide bonds. The molecule has 2 aromatic carbocycles. The highest BCUT2D eigenvalue weighted by Gasteiger charge is 2.37. The van der Waals surface area contributed by atoms with Crippen molar-refractivity contribution >= 4 is 11.3 Å². The van der Waals surface area contributed by atoms with E-state index in [0.29, 0.717) is 24.9 Å². The molecular weight excluding hydrogens is 404 g/mol. The maximum Gasteiger partial charge on any atom is 0.231 e. The Morgan fingerprint density at radius 3 is 2.43 bits per heavy atom. The van der Waals surface area contributed by atoms with Crippen molar-refractivity contribution in [1.29, 1.82) is 0 Å². The van der Waals surface area contributed by atoms with Crippen LogP contribution in [0.3, 0.4) is 0 Å². The van der Waals surface area contributed by atoms with Gasteiger partial charge in [-0.15, -0.1) is 0 Å². The summed E-state index contributed by atoms with van der Waals surface area (Å²) < 4.78 is 33.7. The van der Waals surface area contributed by atoms with Gasteiger partial charge in [0.25, 0.3) is 0 Å². The van der Waals surface area contributed by atoms with Crippen LogP contribution < -0.4 is 19.5 Å². The van der Waals surface area contributed by atoms with Crippen LogP contribution in [0.15, 0.2) is 42.5 Å². The molecule has 1 fully saturated rings. The summed E-state index contributed by atoms with van der Waals surface area (Å²) in [6.45, 7) is 1.00. The van der Waals surface area contributed by atoms with Crippen molar-refractivity contribution < 1.29 is 23.3 Å². The van der Waals surface area contributed by atoms with Gasteiger partial charge in [0, 0.05) is 36.2 Å². The molecule has 1 atom stereocenters. The van der Waals surface area contributed by atoms with Crippen LogP contribution in [0.1, 0.15) is 36.8 Å². The molecule has 2 aromatic rings. The first-order valence-corrected chi connectivity index (χ1v) is 11.1. The van der Waals surface area contributed by atoms with Crippen LogP contribution >= 0.6 is 0 Å². The largest absolute Gasteiger partial charge is 0.507 e. The molecule has 164 valence electrons. The van der Waals surface area contributed by atoms with Crippen molar-refractivity contribution in [3.63, 3.8) is 0 Å². The fourth-order valence-electron chi connectivity index (χ4n) is 4.17. The molecular formula is C22H30N2O5S. The number of rotatable bonds is 9. The third kappa shape index (κ3) is 5.51. The van der Waals surface area contributed by atoms with Gasteiger partial charge in [-0.25, -0.2) is 8.93 Å². The highest BCUT2D eigenvalue weighted by atomic mass is 32.2. The lowest BCUT2D eigenvalue weighted by Crippen LogP contribution is -2.45. The molecule has 1 unspecified atom stereocenters. The number of hydrogen-bond acceptors (Lipinski definition) is 5. The standard InChI is InChI=1S/C22H30N2O5S/c1-28-19-5-3-4-17(12-19)22(15-24-30(26)27)10-8-18(9-11-22)23-14-16-6-7-20(29-2)13-21(16)25/h3-7,12-13,18,23-25H,8-11,14-15H2,1-2H3,(H,26,27). The van der Waals surface area contributed by atoms with E-state index < -0.39 is 11.3 Å². The molecule has 0 saturated heterocycles. The molecule has 8 heteroatoms. The molecule has 0 aromatic heterocycles. The molecule has 7 nitrogen and oxygen atoms in total. The zero-order valence-corrected chi connectivity index (χ0v) is 18.2. The van der Waals surface area contributed by atoms with Crippen molar-refractivity contribution in [3.05, 3.63) is 53.6 Å². The van der Waals surface area contributed by atoms with E-state index >= 15 is 0 Å². The lowest BCUT2D eigenvalue weighted by molar-refractivity contribution is 0.244. The Balaban J connectivity index is 1.66. The summed E-state index contributed by atoms with van der Waals surface area (Å²) in [6.07, 6.45) is 3.59. The number of methoxy groups -OCH3 is 2. The average molecular weight is 435 g/mol. The van der Waals surface area contributed by atoms with E-state index in [2.05, 4.69) is 16.1 Å². The third-order valence-corrected chi connectivity index (χ3v) is 6.42. The SMILES string of the molecule is COc1cccc(C2(CNS(=O)O)CCC(NCc3ccc(OC)cc3O)CC2)c1. The van der Waals surface area contributed by atoms with Crippen LogP contribution in [0, 0.1) is 0 Å². The van der Waals surface area contributed by atoms with Gasteiger partial charge in [0.1, 0.15) is 17.2 Å². The van der Waals surface area contributed by atoms with Crippen molar-refractivity contribution in [2.75, 3.05) is 20.8 Å². The minimum Gasteiger partial charge on any atom is -0.507 e. The lowest BCUT2D eigenvalue weighted by atomic mass is 9.68. The summed E-state index contributed by atoms with van der Waals surface area (Å²) in [6, 6.07) is 13.6. The molecule has 0 bridgehead atoms. The number of phenols is 1. The minimum atomic E-state index is -2.05. The van der Waals surface area contributed by atoms with Gasteiger partial charge >= 0.3 is 0 Å².